The number of rotatable bonds is 4. The monoisotopic (exact) mass is 366 g/mol. The molecule has 2 amide bonds. The van der Waals surface area contributed by atoms with Crippen LogP contribution in [0, 0.1) is 0 Å². The quantitative estimate of drug-likeness (QED) is 0.808. The Hall–Kier alpha value is -2.59. The summed E-state index contributed by atoms with van der Waals surface area (Å²) in [5, 5.41) is 0. The van der Waals surface area contributed by atoms with Gasteiger partial charge in [0, 0.05) is 39.4 Å². The van der Waals surface area contributed by atoms with E-state index in [0.29, 0.717) is 5.56 Å². The molecule has 1 saturated heterocycles. The SMILES string of the molecule is Cn1cc(S(=O)(=O)N2CCN(C(=O)c3ccoc3)CC2)cc1C(N)=O. The van der Waals surface area contributed by atoms with Crippen molar-refractivity contribution in [1.82, 2.24) is 13.8 Å². The molecule has 0 unspecified atom stereocenters. The Morgan fingerprint density at radius 1 is 1.20 bits per heavy atom. The summed E-state index contributed by atoms with van der Waals surface area (Å²) in [6, 6.07) is 2.83. The number of nitrogens with zero attached hydrogens (tertiary/aromatic N) is 3. The highest BCUT2D eigenvalue weighted by Crippen LogP contribution is 2.20. The molecule has 0 aromatic carbocycles. The minimum absolute atomic E-state index is 0.0124. The fourth-order valence-corrected chi connectivity index (χ4v) is 4.26. The van der Waals surface area contributed by atoms with Gasteiger partial charge in [-0.15, -0.1) is 0 Å². The van der Waals surface area contributed by atoms with Crippen molar-refractivity contribution in [3.05, 3.63) is 42.1 Å². The Labute approximate surface area is 144 Å². The lowest BCUT2D eigenvalue weighted by molar-refractivity contribution is 0.0697. The molecular formula is C15H18N4O5S. The third kappa shape index (κ3) is 3.17. The molecule has 2 N–H and O–H groups in total. The minimum Gasteiger partial charge on any atom is -0.472 e. The first kappa shape index (κ1) is 17.2. The molecule has 2 aromatic heterocycles. The second-order valence-corrected chi connectivity index (χ2v) is 7.68. The van der Waals surface area contributed by atoms with Crippen molar-refractivity contribution in [2.24, 2.45) is 12.8 Å². The average molecular weight is 366 g/mol. The zero-order chi connectivity index (χ0) is 18.2. The molecule has 134 valence electrons. The second-order valence-electron chi connectivity index (χ2n) is 5.74. The van der Waals surface area contributed by atoms with E-state index in [1.54, 1.807) is 18.0 Å². The van der Waals surface area contributed by atoms with Crippen LogP contribution in [0.25, 0.3) is 0 Å². The molecule has 1 aliphatic rings. The van der Waals surface area contributed by atoms with E-state index in [1.165, 1.54) is 33.7 Å². The van der Waals surface area contributed by atoms with E-state index in [1.807, 2.05) is 0 Å². The van der Waals surface area contributed by atoms with Crippen molar-refractivity contribution >= 4 is 21.8 Å². The summed E-state index contributed by atoms with van der Waals surface area (Å²) < 4.78 is 33.0. The number of nitrogens with two attached hydrogens (primary N) is 1. The number of primary amides is 1. The number of aryl methyl sites for hydroxylation is 1. The van der Waals surface area contributed by atoms with Crippen LogP contribution < -0.4 is 5.73 Å². The zero-order valence-corrected chi connectivity index (χ0v) is 14.4. The van der Waals surface area contributed by atoms with Gasteiger partial charge in [-0.05, 0) is 12.1 Å². The minimum atomic E-state index is -3.75. The number of carbonyl (C=O) groups excluding carboxylic acids is 2. The van der Waals surface area contributed by atoms with Gasteiger partial charge in [-0.1, -0.05) is 0 Å². The Balaban J connectivity index is 1.72. The predicted molar refractivity (Wildman–Crippen MR) is 87.3 cm³/mol. The lowest BCUT2D eigenvalue weighted by Gasteiger charge is -2.33. The molecule has 0 spiro atoms. The standard InChI is InChI=1S/C15H18N4O5S/c1-17-9-12(8-13(17)14(16)20)25(22,23)19-5-3-18(4-6-19)15(21)11-2-7-24-10-11/h2,7-10H,3-6H2,1H3,(H2,16,20). The van der Waals surface area contributed by atoms with Crippen molar-refractivity contribution < 1.29 is 22.4 Å². The third-order valence-corrected chi connectivity index (χ3v) is 6.03. The largest absolute Gasteiger partial charge is 0.472 e. The number of sulfonamides is 1. The van der Waals surface area contributed by atoms with Gasteiger partial charge < -0.3 is 19.6 Å². The lowest BCUT2D eigenvalue weighted by Crippen LogP contribution is -2.50. The molecule has 0 radical (unpaired) electrons. The molecule has 0 aliphatic carbocycles. The lowest BCUT2D eigenvalue weighted by atomic mass is 10.2. The molecule has 3 rings (SSSR count). The van der Waals surface area contributed by atoms with Gasteiger partial charge in [0.05, 0.1) is 11.8 Å². The fourth-order valence-electron chi connectivity index (χ4n) is 2.77. The molecule has 10 heteroatoms. The molecule has 9 nitrogen and oxygen atoms in total. The van der Waals surface area contributed by atoms with E-state index in [2.05, 4.69) is 0 Å². The first-order chi connectivity index (χ1) is 11.8. The smallest absolute Gasteiger partial charge is 0.265 e. The molecular weight excluding hydrogens is 348 g/mol. The topological polar surface area (TPSA) is 119 Å². The van der Waals surface area contributed by atoms with E-state index in [0.717, 1.165) is 0 Å². The van der Waals surface area contributed by atoms with Gasteiger partial charge in [-0.2, -0.15) is 4.31 Å². The maximum Gasteiger partial charge on any atom is 0.265 e. The number of hydrogen-bond acceptors (Lipinski definition) is 5. The van der Waals surface area contributed by atoms with Gasteiger partial charge in [-0.3, -0.25) is 9.59 Å². The number of furan rings is 1. The Morgan fingerprint density at radius 3 is 2.40 bits per heavy atom. The highest BCUT2D eigenvalue weighted by Gasteiger charge is 2.32. The number of aromatic nitrogens is 1. The summed E-state index contributed by atoms with van der Waals surface area (Å²) in [6.45, 7) is 0.900. The summed E-state index contributed by atoms with van der Waals surface area (Å²) in [5.41, 5.74) is 5.78. The Kier molecular flexibility index (Phi) is 4.39. The van der Waals surface area contributed by atoms with E-state index >= 15 is 0 Å². The summed E-state index contributed by atoms with van der Waals surface area (Å²) >= 11 is 0. The predicted octanol–water partition coefficient (Wildman–Crippen LogP) is -0.136. The molecule has 1 aliphatic heterocycles. The summed E-state index contributed by atoms with van der Waals surface area (Å²) in [4.78, 5) is 25.2. The van der Waals surface area contributed by atoms with Crippen LogP contribution in [0.1, 0.15) is 20.8 Å². The van der Waals surface area contributed by atoms with Crippen LogP contribution >= 0.6 is 0 Å². The van der Waals surface area contributed by atoms with Crippen molar-refractivity contribution in [3.8, 4) is 0 Å². The van der Waals surface area contributed by atoms with Gasteiger partial charge in [0.25, 0.3) is 11.8 Å². The summed E-state index contributed by atoms with van der Waals surface area (Å²) in [6.07, 6.45) is 4.14. The van der Waals surface area contributed by atoms with Crippen LogP contribution in [0.15, 0.2) is 40.2 Å². The van der Waals surface area contributed by atoms with E-state index in [4.69, 9.17) is 10.2 Å². The highest BCUT2D eigenvalue weighted by atomic mass is 32.2. The first-order valence-electron chi connectivity index (χ1n) is 7.58. The maximum absolute atomic E-state index is 12.7. The molecule has 3 heterocycles. The van der Waals surface area contributed by atoms with Crippen molar-refractivity contribution in [3.63, 3.8) is 0 Å². The summed E-state index contributed by atoms with van der Waals surface area (Å²) in [5.74, 6) is -0.888. The van der Waals surface area contributed by atoms with E-state index in [-0.39, 0.29) is 42.7 Å². The fraction of sp³-hybridized carbons (Fsp3) is 0.333. The van der Waals surface area contributed by atoms with Crippen molar-refractivity contribution in [2.45, 2.75) is 4.90 Å². The third-order valence-electron chi connectivity index (χ3n) is 4.16. The van der Waals surface area contributed by atoms with E-state index < -0.39 is 15.9 Å². The van der Waals surface area contributed by atoms with Crippen LogP contribution in [0.4, 0.5) is 0 Å². The van der Waals surface area contributed by atoms with Gasteiger partial charge in [-0.25, -0.2) is 8.42 Å². The summed E-state index contributed by atoms with van der Waals surface area (Å²) in [7, 11) is -2.20. The zero-order valence-electron chi connectivity index (χ0n) is 13.6. The molecule has 0 bridgehead atoms. The number of piperazine rings is 1. The van der Waals surface area contributed by atoms with Gasteiger partial charge >= 0.3 is 0 Å². The molecule has 0 saturated carbocycles. The van der Waals surface area contributed by atoms with Gasteiger partial charge in [0.2, 0.25) is 10.0 Å². The Morgan fingerprint density at radius 2 is 1.88 bits per heavy atom. The van der Waals surface area contributed by atoms with Crippen LogP contribution in [-0.4, -0.2) is 60.2 Å². The Bertz CT molecular complexity index is 893. The number of amides is 2. The second kappa shape index (κ2) is 6.37. The van der Waals surface area contributed by atoms with Crippen LogP contribution in [0.2, 0.25) is 0 Å². The normalized spacial score (nSPS) is 16.1. The average Bonchev–Trinajstić information content (AvgIpc) is 3.24. The molecule has 1 fully saturated rings. The number of carbonyl (C=O) groups is 2. The molecule has 2 aromatic rings. The first-order valence-corrected chi connectivity index (χ1v) is 9.02. The van der Waals surface area contributed by atoms with Crippen LogP contribution in [0.3, 0.4) is 0 Å². The van der Waals surface area contributed by atoms with Gasteiger partial charge in [0.1, 0.15) is 16.9 Å². The highest BCUT2D eigenvalue weighted by molar-refractivity contribution is 7.89. The molecule has 25 heavy (non-hydrogen) atoms. The maximum atomic E-state index is 12.7. The number of hydrogen-bond donors (Lipinski definition) is 1. The van der Waals surface area contributed by atoms with E-state index in [9.17, 15) is 18.0 Å². The molecule has 0 atom stereocenters. The van der Waals surface area contributed by atoms with Gasteiger partial charge in [0.15, 0.2) is 0 Å². The van der Waals surface area contributed by atoms with Crippen LogP contribution in [-0.2, 0) is 17.1 Å². The van der Waals surface area contributed by atoms with Crippen molar-refractivity contribution in [2.75, 3.05) is 26.2 Å². The van der Waals surface area contributed by atoms with Crippen LogP contribution in [0.5, 0.6) is 0 Å². The van der Waals surface area contributed by atoms with Crippen molar-refractivity contribution in [1.29, 1.82) is 0 Å².